The molecule has 0 aliphatic rings. The Bertz CT molecular complexity index is 718. The van der Waals surface area contributed by atoms with Crippen molar-refractivity contribution in [1.82, 2.24) is 0 Å². The zero-order valence-electron chi connectivity index (χ0n) is 10.7. The predicted molar refractivity (Wildman–Crippen MR) is 80.9 cm³/mol. The Morgan fingerprint density at radius 3 is 2.24 bits per heavy atom. The van der Waals surface area contributed by atoms with Crippen LogP contribution in [0.15, 0.2) is 46.9 Å². The number of carboxylic acid groups (broad SMARTS) is 1. The third-order valence-electron chi connectivity index (χ3n) is 2.80. The van der Waals surface area contributed by atoms with Crippen molar-refractivity contribution in [3.8, 4) is 5.75 Å². The Morgan fingerprint density at radius 2 is 1.67 bits per heavy atom. The molecule has 0 aliphatic heterocycles. The van der Waals surface area contributed by atoms with Crippen LogP contribution in [0, 0.1) is 0 Å². The zero-order valence-corrected chi connectivity index (χ0v) is 12.2. The number of halogens is 1. The van der Waals surface area contributed by atoms with E-state index in [1.165, 1.54) is 18.2 Å². The van der Waals surface area contributed by atoms with Crippen LogP contribution in [0.1, 0.15) is 10.4 Å². The Hall–Kier alpha value is -2.54. The average molecular weight is 351 g/mol. The molecule has 0 aromatic heterocycles. The summed E-state index contributed by atoms with van der Waals surface area (Å²) in [6.07, 6.45) is 0. The minimum absolute atomic E-state index is 0.00528. The fraction of sp³-hybridized carbons (Fsp3) is 0. The van der Waals surface area contributed by atoms with Gasteiger partial charge in [0.05, 0.1) is 11.4 Å². The molecule has 2 amide bonds. The maximum Gasteiger partial charge on any atom is 0.339 e. The van der Waals surface area contributed by atoms with Gasteiger partial charge in [0.25, 0.3) is 0 Å². The van der Waals surface area contributed by atoms with Crippen molar-refractivity contribution in [2.45, 2.75) is 0 Å². The molecule has 21 heavy (non-hydrogen) atoms. The first-order valence-corrected chi connectivity index (χ1v) is 6.62. The van der Waals surface area contributed by atoms with Crippen molar-refractivity contribution in [1.29, 1.82) is 0 Å². The molecular weight excluding hydrogens is 340 g/mol. The van der Waals surface area contributed by atoms with E-state index in [1.54, 1.807) is 24.3 Å². The summed E-state index contributed by atoms with van der Waals surface area (Å²) >= 11 is 3.29. The first kappa shape index (κ1) is 14.9. The summed E-state index contributed by atoms with van der Waals surface area (Å²) in [7, 11) is 0. The lowest BCUT2D eigenvalue weighted by molar-refractivity contribution is 0.0693. The summed E-state index contributed by atoms with van der Waals surface area (Å²) in [6, 6.07) is 9.97. The van der Waals surface area contributed by atoms with Crippen LogP contribution in [0.2, 0.25) is 0 Å². The lowest BCUT2D eigenvalue weighted by Gasteiger charge is -2.23. The highest BCUT2D eigenvalue weighted by Crippen LogP contribution is 2.38. The quantitative estimate of drug-likeness (QED) is 0.790. The third-order valence-corrected chi connectivity index (χ3v) is 3.47. The van der Waals surface area contributed by atoms with E-state index in [4.69, 9.17) is 10.8 Å². The number of nitrogens with two attached hydrogens (primary N) is 1. The van der Waals surface area contributed by atoms with Gasteiger partial charge in [-0.3, -0.25) is 4.90 Å². The number of phenols is 1. The fourth-order valence-electron chi connectivity index (χ4n) is 1.88. The van der Waals surface area contributed by atoms with Gasteiger partial charge < -0.3 is 15.9 Å². The summed E-state index contributed by atoms with van der Waals surface area (Å²) in [6.45, 7) is 0. The number of nitrogens with zero attached hydrogens (tertiary/aromatic N) is 1. The SMILES string of the molecule is NC(=O)N(c1ccccc1Br)c1cccc(C(=O)O)c1O. The van der Waals surface area contributed by atoms with Gasteiger partial charge in [-0.05, 0) is 40.2 Å². The Morgan fingerprint density at radius 1 is 1.05 bits per heavy atom. The van der Waals surface area contributed by atoms with E-state index in [0.29, 0.717) is 10.2 Å². The van der Waals surface area contributed by atoms with Crippen molar-refractivity contribution in [2.24, 2.45) is 5.73 Å². The number of rotatable bonds is 3. The lowest BCUT2D eigenvalue weighted by Crippen LogP contribution is -2.31. The second-order valence-corrected chi connectivity index (χ2v) is 4.96. The second-order valence-electron chi connectivity index (χ2n) is 4.10. The van der Waals surface area contributed by atoms with Crippen molar-refractivity contribution >= 4 is 39.3 Å². The van der Waals surface area contributed by atoms with Crippen LogP contribution in [0.3, 0.4) is 0 Å². The predicted octanol–water partition coefficient (Wildman–Crippen LogP) is 3.07. The number of amides is 2. The van der Waals surface area contributed by atoms with E-state index >= 15 is 0 Å². The van der Waals surface area contributed by atoms with Crippen LogP contribution in [0.5, 0.6) is 5.75 Å². The maximum atomic E-state index is 11.8. The molecule has 0 saturated carbocycles. The number of benzene rings is 2. The van der Waals surface area contributed by atoms with Crippen LogP contribution >= 0.6 is 15.9 Å². The summed E-state index contributed by atoms with van der Waals surface area (Å²) < 4.78 is 0.573. The standard InChI is InChI=1S/C14H11BrN2O4/c15-9-5-1-2-6-10(9)17(14(16)21)11-7-3-4-8(12(11)18)13(19)20/h1-7,18H,(H2,16,21)(H,19,20). The molecule has 0 radical (unpaired) electrons. The Balaban J connectivity index is 2.66. The molecule has 2 aromatic carbocycles. The molecule has 2 rings (SSSR count). The summed E-state index contributed by atoms with van der Waals surface area (Å²) in [4.78, 5) is 23.9. The molecular formula is C14H11BrN2O4. The molecule has 7 heteroatoms. The molecule has 2 aromatic rings. The molecule has 4 N–H and O–H groups in total. The number of hydrogen-bond donors (Lipinski definition) is 3. The lowest BCUT2D eigenvalue weighted by atomic mass is 10.1. The van der Waals surface area contributed by atoms with Gasteiger partial charge in [-0.2, -0.15) is 0 Å². The van der Waals surface area contributed by atoms with E-state index in [-0.39, 0.29) is 11.3 Å². The van der Waals surface area contributed by atoms with Gasteiger partial charge in [0.1, 0.15) is 5.56 Å². The van der Waals surface area contributed by atoms with E-state index in [2.05, 4.69) is 15.9 Å². The number of para-hydroxylation sites is 2. The number of urea groups is 1. The number of aromatic carboxylic acids is 1. The van der Waals surface area contributed by atoms with Gasteiger partial charge >= 0.3 is 12.0 Å². The number of aromatic hydroxyl groups is 1. The van der Waals surface area contributed by atoms with Gasteiger partial charge in [0.2, 0.25) is 0 Å². The van der Waals surface area contributed by atoms with E-state index in [9.17, 15) is 14.7 Å². The largest absolute Gasteiger partial charge is 0.505 e. The zero-order chi connectivity index (χ0) is 15.6. The molecule has 0 heterocycles. The third kappa shape index (κ3) is 2.82. The molecule has 0 saturated heterocycles. The van der Waals surface area contributed by atoms with Gasteiger partial charge in [-0.25, -0.2) is 9.59 Å². The highest BCUT2D eigenvalue weighted by atomic mass is 79.9. The number of carbonyl (C=O) groups is 2. The topological polar surface area (TPSA) is 104 Å². The molecule has 0 fully saturated rings. The average Bonchev–Trinajstić information content (AvgIpc) is 2.42. The first-order valence-electron chi connectivity index (χ1n) is 5.83. The second kappa shape index (κ2) is 5.84. The summed E-state index contributed by atoms with van der Waals surface area (Å²) in [5.74, 6) is -1.83. The van der Waals surface area contributed by atoms with Gasteiger partial charge in [-0.15, -0.1) is 0 Å². The minimum atomic E-state index is -1.30. The molecule has 0 bridgehead atoms. The number of carboxylic acids is 1. The van der Waals surface area contributed by atoms with Crippen LogP contribution in [0.4, 0.5) is 16.2 Å². The monoisotopic (exact) mass is 350 g/mol. The van der Waals surface area contributed by atoms with Crippen molar-refractivity contribution < 1.29 is 19.8 Å². The Labute approximate surface area is 128 Å². The highest BCUT2D eigenvalue weighted by molar-refractivity contribution is 9.10. The van der Waals surface area contributed by atoms with Crippen LogP contribution in [-0.4, -0.2) is 22.2 Å². The normalized spacial score (nSPS) is 10.1. The molecule has 6 nitrogen and oxygen atoms in total. The smallest absolute Gasteiger partial charge is 0.339 e. The molecule has 0 aliphatic carbocycles. The van der Waals surface area contributed by atoms with Crippen LogP contribution in [-0.2, 0) is 0 Å². The van der Waals surface area contributed by atoms with Crippen molar-refractivity contribution in [3.05, 3.63) is 52.5 Å². The van der Waals surface area contributed by atoms with Gasteiger partial charge in [0.15, 0.2) is 5.75 Å². The van der Waals surface area contributed by atoms with Crippen molar-refractivity contribution in [3.63, 3.8) is 0 Å². The van der Waals surface area contributed by atoms with Crippen LogP contribution in [0.25, 0.3) is 0 Å². The van der Waals surface area contributed by atoms with Crippen LogP contribution < -0.4 is 10.6 Å². The molecule has 0 unspecified atom stereocenters. The minimum Gasteiger partial charge on any atom is -0.505 e. The number of carbonyl (C=O) groups excluding carboxylic acids is 1. The highest BCUT2D eigenvalue weighted by Gasteiger charge is 2.23. The fourth-order valence-corrected chi connectivity index (χ4v) is 2.35. The van der Waals surface area contributed by atoms with E-state index < -0.39 is 17.7 Å². The van der Waals surface area contributed by atoms with Gasteiger partial charge in [0, 0.05) is 4.47 Å². The van der Waals surface area contributed by atoms with E-state index in [1.807, 2.05) is 0 Å². The van der Waals surface area contributed by atoms with E-state index in [0.717, 1.165) is 4.90 Å². The van der Waals surface area contributed by atoms with Gasteiger partial charge in [-0.1, -0.05) is 18.2 Å². The summed E-state index contributed by atoms with van der Waals surface area (Å²) in [5, 5.41) is 19.1. The first-order chi connectivity index (χ1) is 9.93. The maximum absolute atomic E-state index is 11.8. The summed E-state index contributed by atoms with van der Waals surface area (Å²) in [5.41, 5.74) is 5.44. The number of hydrogen-bond acceptors (Lipinski definition) is 3. The molecule has 0 atom stereocenters. The van der Waals surface area contributed by atoms with Crippen molar-refractivity contribution in [2.75, 3.05) is 4.90 Å². The molecule has 0 spiro atoms. The number of anilines is 2. The number of primary amides is 1. The molecule has 108 valence electrons. The Kier molecular flexibility index (Phi) is 4.13.